The van der Waals surface area contributed by atoms with Crippen LogP contribution in [-0.2, 0) is 10.0 Å². The van der Waals surface area contributed by atoms with Crippen molar-refractivity contribution in [3.63, 3.8) is 0 Å². The molecular formula is C25H26N4O4S. The molecule has 1 atom stereocenters. The molecule has 176 valence electrons. The van der Waals surface area contributed by atoms with Crippen LogP contribution in [0.1, 0.15) is 33.4 Å². The molecular weight excluding hydrogens is 452 g/mol. The second-order valence-corrected chi connectivity index (χ2v) is 10.4. The Morgan fingerprint density at radius 3 is 2.35 bits per heavy atom. The monoisotopic (exact) mass is 478 g/mol. The largest absolute Gasteiger partial charge is 0.360 e. The van der Waals surface area contributed by atoms with Crippen LogP contribution < -0.4 is 0 Å². The zero-order valence-corrected chi connectivity index (χ0v) is 19.9. The summed E-state index contributed by atoms with van der Waals surface area (Å²) < 4.78 is 33.0. The third-order valence-electron chi connectivity index (χ3n) is 6.42. The van der Waals surface area contributed by atoms with E-state index in [1.54, 1.807) is 20.0 Å². The van der Waals surface area contributed by atoms with E-state index in [2.05, 4.69) is 15.0 Å². The van der Waals surface area contributed by atoms with Gasteiger partial charge in [0.2, 0.25) is 10.0 Å². The molecule has 1 N–H and O–H groups in total. The number of benzene rings is 2. The predicted octanol–water partition coefficient (Wildman–Crippen LogP) is 3.70. The van der Waals surface area contributed by atoms with Crippen LogP contribution in [0.3, 0.4) is 0 Å². The van der Waals surface area contributed by atoms with Gasteiger partial charge in [0.1, 0.15) is 10.6 Å². The molecule has 0 unspecified atom stereocenters. The van der Waals surface area contributed by atoms with E-state index < -0.39 is 16.1 Å². The molecule has 1 fully saturated rings. The molecule has 8 nitrogen and oxygen atoms in total. The number of nitrogens with one attached hydrogen (secondary N) is 1. The van der Waals surface area contributed by atoms with Gasteiger partial charge < -0.3 is 9.51 Å². The minimum Gasteiger partial charge on any atom is -0.360 e. The van der Waals surface area contributed by atoms with Crippen LogP contribution >= 0.6 is 0 Å². The fraction of sp³-hybridized carbons (Fsp3) is 0.280. The summed E-state index contributed by atoms with van der Waals surface area (Å²) in [5, 5.41) is 4.68. The van der Waals surface area contributed by atoms with Crippen LogP contribution in [0.4, 0.5) is 0 Å². The second-order valence-electron chi connectivity index (χ2n) is 8.52. The first-order valence-corrected chi connectivity index (χ1v) is 12.6. The van der Waals surface area contributed by atoms with Crippen molar-refractivity contribution in [1.29, 1.82) is 0 Å². The second kappa shape index (κ2) is 8.83. The first-order valence-electron chi connectivity index (χ1n) is 11.2. The molecule has 3 heterocycles. The average Bonchev–Trinajstić information content (AvgIpc) is 3.43. The highest BCUT2D eigenvalue weighted by atomic mass is 32.2. The van der Waals surface area contributed by atoms with Crippen LogP contribution in [0.2, 0.25) is 0 Å². The molecule has 1 aliphatic heterocycles. The number of aryl methyl sites for hydroxylation is 2. The van der Waals surface area contributed by atoms with Gasteiger partial charge in [-0.25, -0.2) is 8.42 Å². The van der Waals surface area contributed by atoms with Crippen LogP contribution in [0, 0.1) is 13.8 Å². The number of fused-ring (bicyclic) bond motifs is 1. The minimum atomic E-state index is -3.73. The number of carbonyl (C=O) groups excluding carboxylic acids is 1. The Bertz CT molecular complexity index is 1410. The fourth-order valence-corrected chi connectivity index (χ4v) is 6.47. The number of H-pyrrole nitrogens is 1. The van der Waals surface area contributed by atoms with Gasteiger partial charge in [-0.15, -0.1) is 0 Å². The van der Waals surface area contributed by atoms with E-state index in [0.717, 1.165) is 16.5 Å². The van der Waals surface area contributed by atoms with Gasteiger partial charge in [-0.3, -0.25) is 9.69 Å². The molecule has 0 bridgehead atoms. The number of para-hydroxylation sites is 1. The molecule has 1 aliphatic rings. The van der Waals surface area contributed by atoms with Crippen LogP contribution in [0.15, 0.2) is 70.2 Å². The molecule has 4 aromatic rings. The topological polar surface area (TPSA) is 99.5 Å². The van der Waals surface area contributed by atoms with E-state index in [-0.39, 0.29) is 29.5 Å². The summed E-state index contributed by atoms with van der Waals surface area (Å²) in [4.78, 5) is 19.3. The molecule has 0 amide bonds. The normalized spacial score (nSPS) is 16.6. The summed E-state index contributed by atoms with van der Waals surface area (Å²) in [7, 11) is -3.73. The summed E-state index contributed by atoms with van der Waals surface area (Å²) in [6.07, 6.45) is 1.76. The number of sulfonamides is 1. The van der Waals surface area contributed by atoms with E-state index in [1.807, 2.05) is 54.6 Å². The molecule has 9 heteroatoms. The SMILES string of the molecule is Cc1noc(C)c1S(=O)(=O)N1CCN([C@H](C(=O)c2c[nH]c3ccccc23)c2ccccc2)CC1. The Balaban J connectivity index is 1.43. The molecule has 5 rings (SSSR count). The van der Waals surface area contributed by atoms with Gasteiger partial charge in [0.15, 0.2) is 11.5 Å². The Hall–Kier alpha value is -3.27. The number of Topliss-reactive ketones (excluding diaryl/α,β-unsaturated/α-hetero) is 1. The average molecular weight is 479 g/mol. The third kappa shape index (κ3) is 3.85. The predicted molar refractivity (Wildman–Crippen MR) is 128 cm³/mol. The van der Waals surface area contributed by atoms with Crippen molar-refractivity contribution in [2.75, 3.05) is 26.2 Å². The molecule has 2 aromatic heterocycles. The summed E-state index contributed by atoms with van der Waals surface area (Å²) in [6.45, 7) is 4.64. The highest BCUT2D eigenvalue weighted by Gasteiger charge is 2.37. The molecule has 0 spiro atoms. The van der Waals surface area contributed by atoms with Crippen molar-refractivity contribution in [1.82, 2.24) is 19.3 Å². The van der Waals surface area contributed by atoms with Gasteiger partial charge in [-0.2, -0.15) is 4.31 Å². The van der Waals surface area contributed by atoms with Crippen molar-refractivity contribution >= 4 is 26.7 Å². The van der Waals surface area contributed by atoms with Crippen molar-refractivity contribution < 1.29 is 17.7 Å². The fourth-order valence-electron chi connectivity index (χ4n) is 4.76. The number of hydrogen-bond acceptors (Lipinski definition) is 6. The number of piperazine rings is 1. The smallest absolute Gasteiger partial charge is 0.248 e. The maximum absolute atomic E-state index is 13.9. The van der Waals surface area contributed by atoms with Gasteiger partial charge in [-0.05, 0) is 25.5 Å². The van der Waals surface area contributed by atoms with E-state index in [9.17, 15) is 13.2 Å². The van der Waals surface area contributed by atoms with E-state index >= 15 is 0 Å². The molecule has 0 aliphatic carbocycles. The van der Waals surface area contributed by atoms with Crippen molar-refractivity contribution in [3.8, 4) is 0 Å². The van der Waals surface area contributed by atoms with Crippen LogP contribution in [-0.4, -0.2) is 59.7 Å². The van der Waals surface area contributed by atoms with Crippen molar-refractivity contribution in [2.24, 2.45) is 0 Å². The lowest BCUT2D eigenvalue weighted by molar-refractivity contribution is 0.0755. The van der Waals surface area contributed by atoms with Crippen molar-refractivity contribution in [3.05, 3.63) is 83.4 Å². The van der Waals surface area contributed by atoms with Gasteiger partial charge in [-0.1, -0.05) is 53.7 Å². The van der Waals surface area contributed by atoms with Crippen LogP contribution in [0.25, 0.3) is 10.9 Å². The van der Waals surface area contributed by atoms with Gasteiger partial charge in [0, 0.05) is 48.8 Å². The van der Waals surface area contributed by atoms with E-state index in [4.69, 9.17) is 4.52 Å². The quantitative estimate of drug-likeness (QED) is 0.424. The Morgan fingerprint density at radius 2 is 1.68 bits per heavy atom. The van der Waals surface area contributed by atoms with E-state index in [0.29, 0.717) is 24.3 Å². The molecule has 1 saturated heterocycles. The highest BCUT2D eigenvalue weighted by Crippen LogP contribution is 2.31. The number of carbonyl (C=O) groups is 1. The molecule has 34 heavy (non-hydrogen) atoms. The van der Waals surface area contributed by atoms with Crippen LogP contribution in [0.5, 0.6) is 0 Å². The molecule has 2 aromatic carbocycles. The summed E-state index contributed by atoms with van der Waals surface area (Å²) in [6, 6.07) is 16.9. The Labute approximate surface area is 198 Å². The standard InChI is InChI=1S/C25H26N4O4S/c1-17-25(18(2)33-27-17)34(31,32)29-14-12-28(13-15-29)23(19-8-4-3-5-9-19)24(30)21-16-26-22-11-7-6-10-20(21)22/h3-11,16,23,26H,12-15H2,1-2H3/t23-/m0/s1. The molecule has 0 radical (unpaired) electrons. The number of nitrogens with zero attached hydrogens (tertiary/aromatic N) is 3. The summed E-state index contributed by atoms with van der Waals surface area (Å²) in [5.41, 5.74) is 2.79. The number of hydrogen-bond donors (Lipinski definition) is 1. The van der Waals surface area contributed by atoms with Gasteiger partial charge in [0.05, 0.1) is 6.04 Å². The van der Waals surface area contributed by atoms with E-state index in [1.165, 1.54) is 4.31 Å². The van der Waals surface area contributed by atoms with Gasteiger partial charge in [0.25, 0.3) is 0 Å². The van der Waals surface area contributed by atoms with Gasteiger partial charge >= 0.3 is 0 Å². The highest BCUT2D eigenvalue weighted by molar-refractivity contribution is 7.89. The third-order valence-corrected chi connectivity index (χ3v) is 8.57. The zero-order valence-electron chi connectivity index (χ0n) is 19.1. The zero-order chi connectivity index (χ0) is 23.9. The maximum Gasteiger partial charge on any atom is 0.248 e. The lowest BCUT2D eigenvalue weighted by atomic mass is 9.95. The number of aromatic amines is 1. The summed E-state index contributed by atoms with van der Waals surface area (Å²) >= 11 is 0. The lowest BCUT2D eigenvalue weighted by Gasteiger charge is -2.38. The maximum atomic E-state index is 13.9. The molecule has 0 saturated carbocycles. The number of aromatic nitrogens is 2. The first kappa shape index (κ1) is 22.5. The summed E-state index contributed by atoms with van der Waals surface area (Å²) in [5.74, 6) is 0.280. The lowest BCUT2D eigenvalue weighted by Crippen LogP contribution is -2.51. The number of rotatable bonds is 6. The Kier molecular flexibility index (Phi) is 5.85. The minimum absolute atomic E-state index is 0.00863. The van der Waals surface area contributed by atoms with Crippen molar-refractivity contribution in [2.45, 2.75) is 24.8 Å². The Morgan fingerprint density at radius 1 is 1.00 bits per heavy atom. The number of ketones is 1. The first-order chi connectivity index (χ1) is 16.4.